The van der Waals surface area contributed by atoms with E-state index in [1.165, 1.54) is 22.3 Å². The van der Waals surface area contributed by atoms with Crippen molar-refractivity contribution in [1.82, 2.24) is 9.55 Å². The molecule has 2 aromatic rings. The lowest BCUT2D eigenvalue weighted by Crippen LogP contribution is -2.45. The first-order valence-electron chi connectivity index (χ1n) is 10.1. The largest absolute Gasteiger partial charge is 0.464 e. The Kier molecular flexibility index (Phi) is 6.12. The van der Waals surface area contributed by atoms with Crippen molar-refractivity contribution in [3.8, 4) is 0 Å². The number of fused-ring (bicyclic) bond motifs is 1. The topological polar surface area (TPSA) is 87.5 Å². The van der Waals surface area contributed by atoms with Crippen molar-refractivity contribution < 1.29 is 19.1 Å². The number of hydrogen-bond acceptors (Lipinski definition) is 7. The molecule has 0 saturated heterocycles. The van der Waals surface area contributed by atoms with Gasteiger partial charge in [0.1, 0.15) is 27.2 Å². The van der Waals surface area contributed by atoms with Crippen LogP contribution in [0.2, 0.25) is 0 Å². The number of thiophene rings is 1. The zero-order valence-electron chi connectivity index (χ0n) is 17.7. The molecule has 7 nitrogen and oxygen atoms in total. The molecule has 0 spiro atoms. The van der Waals surface area contributed by atoms with Gasteiger partial charge in [0.2, 0.25) is 0 Å². The summed E-state index contributed by atoms with van der Waals surface area (Å²) in [5.74, 6) is -0.504. The summed E-state index contributed by atoms with van der Waals surface area (Å²) in [4.78, 5) is 43.9. The number of esters is 2. The molecular formula is C21H28N2O5S. The van der Waals surface area contributed by atoms with Gasteiger partial charge in [-0.05, 0) is 65.9 Å². The molecule has 0 atom stereocenters. The summed E-state index contributed by atoms with van der Waals surface area (Å²) >= 11 is 1.17. The quantitative estimate of drug-likeness (QED) is 0.683. The monoisotopic (exact) mass is 420 g/mol. The van der Waals surface area contributed by atoms with Crippen LogP contribution in [-0.2, 0) is 19.8 Å². The number of nitrogens with zero attached hydrogens (tertiary/aromatic N) is 2. The third-order valence-electron chi connectivity index (χ3n) is 5.48. The van der Waals surface area contributed by atoms with E-state index in [1.807, 2.05) is 0 Å². The third kappa shape index (κ3) is 3.95. The van der Waals surface area contributed by atoms with Crippen LogP contribution >= 0.6 is 11.3 Å². The lowest BCUT2D eigenvalue weighted by molar-refractivity contribution is -0.152. The summed E-state index contributed by atoms with van der Waals surface area (Å²) in [6.45, 7) is 8.62. The fourth-order valence-electron chi connectivity index (χ4n) is 3.92. The highest BCUT2D eigenvalue weighted by molar-refractivity contribution is 7.20. The highest BCUT2D eigenvalue weighted by Crippen LogP contribution is 2.31. The number of carbonyl (C=O) groups is 2. The van der Waals surface area contributed by atoms with Crippen LogP contribution in [0.3, 0.4) is 0 Å². The minimum atomic E-state index is -1.21. The summed E-state index contributed by atoms with van der Waals surface area (Å²) in [5, 5.41) is 0.355. The number of hydrogen-bond donors (Lipinski definition) is 0. The molecule has 1 aliphatic rings. The van der Waals surface area contributed by atoms with Gasteiger partial charge in [-0.2, -0.15) is 0 Å². The van der Waals surface area contributed by atoms with Gasteiger partial charge >= 0.3 is 11.9 Å². The molecule has 0 bridgehead atoms. The van der Waals surface area contributed by atoms with Crippen molar-refractivity contribution in [1.29, 1.82) is 0 Å². The molecule has 0 unspecified atom stereocenters. The molecule has 1 saturated carbocycles. The maximum absolute atomic E-state index is 13.3. The lowest BCUT2D eigenvalue weighted by Gasteiger charge is -2.26. The van der Waals surface area contributed by atoms with Crippen LogP contribution in [0, 0.1) is 13.8 Å². The normalized spacial score (nSPS) is 15.5. The molecule has 0 amide bonds. The van der Waals surface area contributed by atoms with Crippen molar-refractivity contribution in [2.45, 2.75) is 78.4 Å². The second-order valence-electron chi connectivity index (χ2n) is 7.98. The first-order chi connectivity index (χ1) is 13.7. The van der Waals surface area contributed by atoms with E-state index in [4.69, 9.17) is 9.47 Å². The summed E-state index contributed by atoms with van der Waals surface area (Å²) in [7, 11) is 0. The van der Waals surface area contributed by atoms with Crippen molar-refractivity contribution in [3.05, 3.63) is 26.6 Å². The van der Waals surface area contributed by atoms with Crippen molar-refractivity contribution in [2.24, 2.45) is 0 Å². The van der Waals surface area contributed by atoms with E-state index < -0.39 is 17.5 Å². The molecule has 0 radical (unpaired) electrons. The molecule has 2 heterocycles. The van der Waals surface area contributed by atoms with Gasteiger partial charge in [0.25, 0.3) is 5.56 Å². The van der Waals surface area contributed by atoms with E-state index >= 15 is 0 Å². The third-order valence-corrected chi connectivity index (χ3v) is 6.64. The average molecular weight is 421 g/mol. The molecule has 8 heteroatoms. The summed E-state index contributed by atoms with van der Waals surface area (Å²) < 4.78 is 12.2. The second kappa shape index (κ2) is 8.26. The van der Waals surface area contributed by atoms with Gasteiger partial charge in [-0.3, -0.25) is 9.36 Å². The van der Waals surface area contributed by atoms with Crippen LogP contribution in [0.15, 0.2) is 4.79 Å². The predicted molar refractivity (Wildman–Crippen MR) is 112 cm³/mol. The molecule has 158 valence electrons. The van der Waals surface area contributed by atoms with Gasteiger partial charge in [0.15, 0.2) is 0 Å². The van der Waals surface area contributed by atoms with Crippen LogP contribution in [0.4, 0.5) is 0 Å². The van der Waals surface area contributed by atoms with Crippen LogP contribution in [0.25, 0.3) is 10.2 Å². The Labute approximate surface area is 174 Å². The zero-order chi connectivity index (χ0) is 21.3. The van der Waals surface area contributed by atoms with Crippen LogP contribution in [0.1, 0.15) is 73.9 Å². The van der Waals surface area contributed by atoms with Crippen molar-refractivity contribution in [2.75, 3.05) is 6.61 Å². The Morgan fingerprint density at radius 3 is 2.48 bits per heavy atom. The Balaban J connectivity index is 2.04. The number of aromatic nitrogens is 2. The van der Waals surface area contributed by atoms with Gasteiger partial charge in [0, 0.05) is 0 Å². The Hall–Kier alpha value is -2.22. The minimum absolute atomic E-state index is 0.0602. The smallest absolute Gasteiger partial charge is 0.348 e. The van der Waals surface area contributed by atoms with Gasteiger partial charge in [0.05, 0.1) is 12.0 Å². The van der Waals surface area contributed by atoms with E-state index in [1.54, 1.807) is 34.6 Å². The van der Waals surface area contributed by atoms with E-state index in [2.05, 4.69) is 4.98 Å². The molecule has 1 fully saturated rings. The molecular weight excluding hydrogens is 392 g/mol. The number of aryl methyl sites for hydroxylation is 2. The fourth-order valence-corrected chi connectivity index (χ4v) is 5.02. The van der Waals surface area contributed by atoms with Crippen LogP contribution < -0.4 is 5.56 Å². The van der Waals surface area contributed by atoms with Gasteiger partial charge in [-0.1, -0.05) is 6.42 Å². The SMILES string of the molecule is CCOC(=O)C(C)(C)n1c(C)nc2sc(C(=O)OC3CCCCC3)c(C)c2c1=O. The van der Waals surface area contributed by atoms with Gasteiger partial charge < -0.3 is 9.47 Å². The number of rotatable bonds is 5. The van der Waals surface area contributed by atoms with E-state index in [9.17, 15) is 14.4 Å². The van der Waals surface area contributed by atoms with Gasteiger partial charge in [-0.15, -0.1) is 11.3 Å². The first-order valence-corrected chi connectivity index (χ1v) is 10.9. The predicted octanol–water partition coefficient (Wildman–Crippen LogP) is 3.86. The van der Waals surface area contributed by atoms with E-state index in [0.717, 1.165) is 25.7 Å². The Morgan fingerprint density at radius 1 is 1.21 bits per heavy atom. The Morgan fingerprint density at radius 2 is 1.86 bits per heavy atom. The van der Waals surface area contributed by atoms with Gasteiger partial charge in [-0.25, -0.2) is 14.6 Å². The van der Waals surface area contributed by atoms with Crippen molar-refractivity contribution in [3.63, 3.8) is 0 Å². The molecule has 3 rings (SSSR count). The molecule has 0 aromatic carbocycles. The average Bonchev–Trinajstić information content (AvgIpc) is 2.99. The maximum atomic E-state index is 13.3. The lowest BCUT2D eigenvalue weighted by atomic mass is 9.98. The van der Waals surface area contributed by atoms with Crippen molar-refractivity contribution >= 4 is 33.5 Å². The molecule has 2 aromatic heterocycles. The molecule has 29 heavy (non-hydrogen) atoms. The molecule has 0 aliphatic heterocycles. The van der Waals surface area contributed by atoms with Crippen LogP contribution in [-0.4, -0.2) is 34.2 Å². The number of ether oxygens (including phenoxy) is 2. The highest BCUT2D eigenvalue weighted by Gasteiger charge is 2.35. The standard InChI is InChI=1S/C21H28N2O5S/c1-6-27-20(26)21(4,5)23-13(3)22-17-15(18(23)24)12(2)16(29-17)19(25)28-14-10-8-7-9-11-14/h14H,6-11H2,1-5H3. The van der Waals surface area contributed by atoms with E-state index in [-0.39, 0.29) is 18.3 Å². The Bertz CT molecular complexity index is 999. The van der Waals surface area contributed by atoms with E-state index in [0.29, 0.717) is 26.5 Å². The maximum Gasteiger partial charge on any atom is 0.348 e. The second-order valence-corrected chi connectivity index (χ2v) is 8.98. The van der Waals surface area contributed by atoms with Crippen LogP contribution in [0.5, 0.6) is 0 Å². The fraction of sp³-hybridized carbons (Fsp3) is 0.619. The zero-order valence-corrected chi connectivity index (χ0v) is 18.5. The summed E-state index contributed by atoms with van der Waals surface area (Å²) in [6.07, 6.45) is 5.01. The summed E-state index contributed by atoms with van der Waals surface area (Å²) in [6, 6.07) is 0. The molecule has 1 aliphatic carbocycles. The highest BCUT2D eigenvalue weighted by atomic mass is 32.1. The summed E-state index contributed by atoms with van der Waals surface area (Å²) in [5.41, 5.74) is -1.01. The molecule has 0 N–H and O–H groups in total. The first kappa shape index (κ1) is 21.5. The number of carbonyl (C=O) groups excluding carboxylic acids is 2. The minimum Gasteiger partial charge on any atom is -0.464 e.